The molecular weight excluding hydrogens is 204 g/mol. The van der Waals surface area contributed by atoms with Gasteiger partial charge in [0, 0.05) is 0 Å². The third-order valence-corrected chi connectivity index (χ3v) is 3.87. The van der Waals surface area contributed by atoms with E-state index in [1.165, 1.54) is 36.3 Å². The van der Waals surface area contributed by atoms with E-state index in [2.05, 4.69) is 26.8 Å². The van der Waals surface area contributed by atoms with Gasteiger partial charge in [-0.15, -0.1) is 0 Å². The summed E-state index contributed by atoms with van der Waals surface area (Å²) in [4.78, 5) is 0. The third kappa shape index (κ3) is 5.07. The third-order valence-electron chi connectivity index (χ3n) is 2.89. The van der Waals surface area contributed by atoms with Crippen LogP contribution < -0.4 is 0 Å². The van der Waals surface area contributed by atoms with Gasteiger partial charge in [-0.3, -0.25) is 0 Å². The standard InChI is InChI=1S/C13H24OS/c1-4-15-7-5-6-11-8-12(14)10-13(2,3)9-11/h8,12,14H,4-7,9-10H2,1-3H3. The van der Waals surface area contributed by atoms with Crippen LogP contribution in [0.3, 0.4) is 0 Å². The molecule has 0 fully saturated rings. The Kier molecular flexibility index (Phi) is 5.20. The SMILES string of the molecule is CCSCCCC1=CC(O)CC(C)(C)C1. The molecule has 1 aliphatic rings. The first-order valence-electron chi connectivity index (χ1n) is 5.99. The van der Waals surface area contributed by atoms with Crippen LogP contribution in [0, 0.1) is 5.41 Å². The van der Waals surface area contributed by atoms with Gasteiger partial charge in [0.05, 0.1) is 6.10 Å². The number of hydrogen-bond donors (Lipinski definition) is 1. The molecule has 0 aromatic heterocycles. The largest absolute Gasteiger partial charge is 0.389 e. The highest BCUT2D eigenvalue weighted by Gasteiger charge is 2.26. The van der Waals surface area contributed by atoms with Crippen molar-refractivity contribution in [3.8, 4) is 0 Å². The normalized spacial score (nSPS) is 25.1. The van der Waals surface area contributed by atoms with Crippen LogP contribution in [0.25, 0.3) is 0 Å². The van der Waals surface area contributed by atoms with Gasteiger partial charge in [0.15, 0.2) is 0 Å². The summed E-state index contributed by atoms with van der Waals surface area (Å²) < 4.78 is 0. The fourth-order valence-corrected chi connectivity index (χ4v) is 3.00. The summed E-state index contributed by atoms with van der Waals surface area (Å²) in [5.74, 6) is 2.47. The quantitative estimate of drug-likeness (QED) is 0.573. The molecule has 0 heterocycles. The van der Waals surface area contributed by atoms with Crippen molar-refractivity contribution in [2.24, 2.45) is 5.41 Å². The second-order valence-corrected chi connectivity index (χ2v) is 6.63. The Hall–Kier alpha value is 0.0500. The van der Waals surface area contributed by atoms with Crippen LogP contribution >= 0.6 is 11.8 Å². The van der Waals surface area contributed by atoms with Crippen LogP contribution in [0.2, 0.25) is 0 Å². The van der Waals surface area contributed by atoms with Crippen molar-refractivity contribution in [1.29, 1.82) is 0 Å². The van der Waals surface area contributed by atoms with E-state index in [9.17, 15) is 5.11 Å². The van der Waals surface area contributed by atoms with Gasteiger partial charge in [-0.05, 0) is 42.6 Å². The van der Waals surface area contributed by atoms with Crippen LogP contribution in [0.15, 0.2) is 11.6 Å². The van der Waals surface area contributed by atoms with Crippen LogP contribution in [-0.4, -0.2) is 22.7 Å². The first-order chi connectivity index (χ1) is 7.03. The number of thioether (sulfide) groups is 1. The monoisotopic (exact) mass is 228 g/mol. The molecule has 88 valence electrons. The van der Waals surface area contributed by atoms with Gasteiger partial charge in [-0.1, -0.05) is 32.4 Å². The molecule has 1 nitrogen and oxygen atoms in total. The lowest BCUT2D eigenvalue weighted by Gasteiger charge is -2.32. The summed E-state index contributed by atoms with van der Waals surface area (Å²) in [5.41, 5.74) is 1.76. The van der Waals surface area contributed by atoms with E-state index in [1.54, 1.807) is 0 Å². The number of hydrogen-bond acceptors (Lipinski definition) is 2. The molecule has 1 rings (SSSR count). The number of aliphatic hydroxyl groups excluding tert-OH is 1. The summed E-state index contributed by atoms with van der Waals surface area (Å²) in [6.07, 6.45) is 6.39. The lowest BCUT2D eigenvalue weighted by Crippen LogP contribution is -2.24. The zero-order valence-electron chi connectivity index (χ0n) is 10.3. The maximum atomic E-state index is 9.74. The Labute approximate surface area is 98.3 Å². The first-order valence-corrected chi connectivity index (χ1v) is 7.14. The lowest BCUT2D eigenvalue weighted by atomic mass is 9.75. The molecule has 0 saturated heterocycles. The van der Waals surface area contributed by atoms with E-state index in [0.717, 1.165) is 6.42 Å². The Morgan fingerprint density at radius 2 is 2.27 bits per heavy atom. The second-order valence-electron chi connectivity index (χ2n) is 5.24. The van der Waals surface area contributed by atoms with Crippen molar-refractivity contribution in [3.05, 3.63) is 11.6 Å². The summed E-state index contributed by atoms with van der Waals surface area (Å²) in [5, 5.41) is 9.74. The van der Waals surface area contributed by atoms with E-state index >= 15 is 0 Å². The molecular formula is C13H24OS. The van der Waals surface area contributed by atoms with Crippen molar-refractivity contribution in [2.45, 2.75) is 52.6 Å². The predicted molar refractivity (Wildman–Crippen MR) is 69.3 cm³/mol. The van der Waals surface area contributed by atoms with Crippen molar-refractivity contribution < 1.29 is 5.11 Å². The van der Waals surface area contributed by atoms with Gasteiger partial charge < -0.3 is 5.11 Å². The second kappa shape index (κ2) is 5.95. The maximum Gasteiger partial charge on any atom is 0.0728 e. The first kappa shape index (κ1) is 13.1. The van der Waals surface area contributed by atoms with Crippen LogP contribution in [-0.2, 0) is 0 Å². The fraction of sp³-hybridized carbons (Fsp3) is 0.846. The highest BCUT2D eigenvalue weighted by molar-refractivity contribution is 7.99. The molecule has 0 amide bonds. The minimum Gasteiger partial charge on any atom is -0.389 e. The molecule has 1 aliphatic carbocycles. The van der Waals surface area contributed by atoms with Gasteiger partial charge in [0.25, 0.3) is 0 Å². The van der Waals surface area contributed by atoms with Gasteiger partial charge >= 0.3 is 0 Å². The van der Waals surface area contributed by atoms with E-state index < -0.39 is 0 Å². The van der Waals surface area contributed by atoms with Gasteiger partial charge in [-0.2, -0.15) is 11.8 Å². The molecule has 1 N–H and O–H groups in total. The fourth-order valence-electron chi connectivity index (χ4n) is 2.36. The Balaban J connectivity index is 2.34. The zero-order chi connectivity index (χ0) is 11.3. The van der Waals surface area contributed by atoms with E-state index in [4.69, 9.17) is 0 Å². The van der Waals surface area contributed by atoms with Gasteiger partial charge in [-0.25, -0.2) is 0 Å². The van der Waals surface area contributed by atoms with Gasteiger partial charge in [0.1, 0.15) is 0 Å². The molecule has 0 aromatic rings. The zero-order valence-corrected chi connectivity index (χ0v) is 11.1. The molecule has 1 unspecified atom stereocenters. The van der Waals surface area contributed by atoms with Gasteiger partial charge in [0.2, 0.25) is 0 Å². The van der Waals surface area contributed by atoms with Crippen molar-refractivity contribution in [2.75, 3.05) is 11.5 Å². The highest BCUT2D eigenvalue weighted by atomic mass is 32.2. The smallest absolute Gasteiger partial charge is 0.0728 e. The predicted octanol–water partition coefficient (Wildman–Crippen LogP) is 3.63. The molecule has 0 radical (unpaired) electrons. The Morgan fingerprint density at radius 3 is 2.87 bits per heavy atom. The minimum atomic E-state index is -0.206. The maximum absolute atomic E-state index is 9.74. The summed E-state index contributed by atoms with van der Waals surface area (Å²) >= 11 is 2.01. The van der Waals surface area contributed by atoms with Crippen molar-refractivity contribution >= 4 is 11.8 Å². The topological polar surface area (TPSA) is 20.2 Å². The molecule has 0 aromatic carbocycles. The number of rotatable bonds is 5. The molecule has 0 bridgehead atoms. The van der Waals surface area contributed by atoms with E-state index in [-0.39, 0.29) is 6.10 Å². The highest BCUT2D eigenvalue weighted by Crippen LogP contribution is 2.36. The summed E-state index contributed by atoms with van der Waals surface area (Å²) in [6, 6.07) is 0. The molecule has 1 atom stereocenters. The molecule has 0 aliphatic heterocycles. The molecule has 15 heavy (non-hydrogen) atoms. The molecule has 0 saturated carbocycles. The average molecular weight is 228 g/mol. The number of allylic oxidation sites excluding steroid dienone is 1. The summed E-state index contributed by atoms with van der Waals surface area (Å²) in [6.45, 7) is 6.71. The van der Waals surface area contributed by atoms with Crippen LogP contribution in [0.5, 0.6) is 0 Å². The molecule has 0 spiro atoms. The minimum absolute atomic E-state index is 0.206. The van der Waals surface area contributed by atoms with Crippen LogP contribution in [0.1, 0.15) is 46.5 Å². The van der Waals surface area contributed by atoms with E-state index in [1.807, 2.05) is 11.8 Å². The van der Waals surface area contributed by atoms with Crippen molar-refractivity contribution in [3.63, 3.8) is 0 Å². The summed E-state index contributed by atoms with van der Waals surface area (Å²) in [7, 11) is 0. The van der Waals surface area contributed by atoms with Crippen molar-refractivity contribution in [1.82, 2.24) is 0 Å². The molecule has 2 heteroatoms. The average Bonchev–Trinajstić information content (AvgIpc) is 2.09. The Bertz CT molecular complexity index is 221. The van der Waals surface area contributed by atoms with E-state index in [0.29, 0.717) is 5.41 Å². The Morgan fingerprint density at radius 1 is 1.53 bits per heavy atom. The van der Waals surface area contributed by atoms with Crippen LogP contribution in [0.4, 0.5) is 0 Å². The number of aliphatic hydroxyl groups is 1. The lowest BCUT2D eigenvalue weighted by molar-refractivity contribution is 0.137.